The molecule has 1 aliphatic rings. The average Bonchev–Trinajstić information content (AvgIpc) is 2.58. The number of rotatable bonds is 4. The molecule has 0 amide bonds. The van der Waals surface area contributed by atoms with Gasteiger partial charge in [0.2, 0.25) is 0 Å². The minimum absolute atomic E-state index is 0.303. The van der Waals surface area contributed by atoms with E-state index in [2.05, 4.69) is 9.97 Å². The first-order valence-corrected chi connectivity index (χ1v) is 8.04. The van der Waals surface area contributed by atoms with Gasteiger partial charge in [0.25, 0.3) is 0 Å². The van der Waals surface area contributed by atoms with Crippen molar-refractivity contribution in [1.29, 1.82) is 0 Å². The maximum Gasteiger partial charge on any atom is 0.433 e. The average molecular weight is 373 g/mol. The summed E-state index contributed by atoms with van der Waals surface area (Å²) in [5.41, 5.74) is -0.654. The van der Waals surface area contributed by atoms with Gasteiger partial charge in [-0.3, -0.25) is 4.90 Å². The fourth-order valence-electron chi connectivity index (χ4n) is 2.78. The third-order valence-corrected chi connectivity index (χ3v) is 4.14. The molecule has 2 heterocycles. The van der Waals surface area contributed by atoms with Crippen LogP contribution >= 0.6 is 0 Å². The number of hydrogen-bond donors (Lipinski definition) is 0. The van der Waals surface area contributed by atoms with Crippen LogP contribution in [0.15, 0.2) is 30.5 Å². The Hall–Kier alpha value is -2.29. The lowest BCUT2D eigenvalue weighted by Gasteiger charge is -2.31. The molecule has 0 spiro atoms. The second-order valence-corrected chi connectivity index (χ2v) is 6.05. The van der Waals surface area contributed by atoms with E-state index in [-0.39, 0.29) is 12.1 Å². The summed E-state index contributed by atoms with van der Waals surface area (Å²) in [6.45, 7) is 1.47. The lowest BCUT2D eigenvalue weighted by atomic mass is 10.1. The first-order chi connectivity index (χ1) is 12.3. The van der Waals surface area contributed by atoms with Crippen LogP contribution in [-0.2, 0) is 12.7 Å². The molecule has 0 saturated carbocycles. The van der Waals surface area contributed by atoms with Crippen LogP contribution in [0.25, 0.3) is 0 Å². The van der Waals surface area contributed by atoms with Crippen molar-refractivity contribution in [2.75, 3.05) is 13.1 Å². The maximum atomic E-state index is 13.7. The zero-order valence-corrected chi connectivity index (χ0v) is 13.6. The standard InChI is InChI=1S/C17H16F5N3O/c18-12-2-1-11(14(19)9-12)10-25-7-4-13(5-8-25)26-16-23-6-3-15(24-16)17(20,21)22/h1-3,6,9,13H,4-5,7-8,10H2. The number of benzene rings is 1. The van der Waals surface area contributed by atoms with Gasteiger partial charge in [-0.1, -0.05) is 6.07 Å². The van der Waals surface area contributed by atoms with Crippen LogP contribution in [0.5, 0.6) is 6.01 Å². The smallest absolute Gasteiger partial charge is 0.433 e. The largest absolute Gasteiger partial charge is 0.460 e. The number of ether oxygens (including phenoxy) is 1. The van der Waals surface area contributed by atoms with Crippen molar-refractivity contribution in [3.8, 4) is 6.01 Å². The predicted molar refractivity (Wildman–Crippen MR) is 82.3 cm³/mol. The third-order valence-electron chi connectivity index (χ3n) is 4.14. The van der Waals surface area contributed by atoms with Crippen molar-refractivity contribution in [1.82, 2.24) is 14.9 Å². The van der Waals surface area contributed by atoms with E-state index in [9.17, 15) is 22.0 Å². The van der Waals surface area contributed by atoms with Crippen LogP contribution in [0.1, 0.15) is 24.1 Å². The molecule has 0 N–H and O–H groups in total. The van der Waals surface area contributed by atoms with Crippen molar-refractivity contribution in [3.63, 3.8) is 0 Å². The molecule has 0 unspecified atom stereocenters. The molecule has 1 aromatic carbocycles. The van der Waals surface area contributed by atoms with E-state index in [0.29, 0.717) is 38.0 Å². The fraction of sp³-hybridized carbons (Fsp3) is 0.412. The fourth-order valence-corrected chi connectivity index (χ4v) is 2.78. The van der Waals surface area contributed by atoms with E-state index in [1.165, 1.54) is 12.1 Å². The minimum Gasteiger partial charge on any atom is -0.460 e. The van der Waals surface area contributed by atoms with Gasteiger partial charge in [0, 0.05) is 37.5 Å². The van der Waals surface area contributed by atoms with Gasteiger partial charge < -0.3 is 4.74 Å². The van der Waals surface area contributed by atoms with E-state index in [1.807, 2.05) is 4.90 Å². The van der Waals surface area contributed by atoms with Crippen molar-refractivity contribution in [3.05, 3.63) is 53.4 Å². The Morgan fingerprint density at radius 2 is 1.85 bits per heavy atom. The molecular weight excluding hydrogens is 357 g/mol. The van der Waals surface area contributed by atoms with Crippen LogP contribution < -0.4 is 4.74 Å². The maximum absolute atomic E-state index is 13.7. The number of nitrogens with zero attached hydrogens (tertiary/aromatic N) is 3. The van der Waals surface area contributed by atoms with Gasteiger partial charge in [0.15, 0.2) is 5.69 Å². The highest BCUT2D eigenvalue weighted by Crippen LogP contribution is 2.28. The summed E-state index contributed by atoms with van der Waals surface area (Å²) in [6, 6.07) is 3.94. The monoisotopic (exact) mass is 373 g/mol. The molecule has 1 saturated heterocycles. The van der Waals surface area contributed by atoms with Crippen molar-refractivity contribution >= 4 is 0 Å². The molecule has 1 aliphatic heterocycles. The van der Waals surface area contributed by atoms with Gasteiger partial charge in [-0.25, -0.2) is 13.8 Å². The molecule has 0 aliphatic carbocycles. The normalized spacial score (nSPS) is 16.7. The molecule has 3 rings (SSSR count). The Balaban J connectivity index is 1.54. The first-order valence-electron chi connectivity index (χ1n) is 8.04. The second kappa shape index (κ2) is 7.53. The highest BCUT2D eigenvalue weighted by Gasteiger charge is 2.33. The number of likely N-dealkylation sites (tertiary alicyclic amines) is 1. The summed E-state index contributed by atoms with van der Waals surface area (Å²) in [7, 11) is 0. The van der Waals surface area contributed by atoms with Gasteiger partial charge in [-0.15, -0.1) is 0 Å². The van der Waals surface area contributed by atoms with E-state index in [0.717, 1.165) is 18.3 Å². The highest BCUT2D eigenvalue weighted by atomic mass is 19.4. The van der Waals surface area contributed by atoms with Gasteiger partial charge in [0.1, 0.15) is 17.7 Å². The van der Waals surface area contributed by atoms with E-state index in [4.69, 9.17) is 4.74 Å². The van der Waals surface area contributed by atoms with Gasteiger partial charge in [0.05, 0.1) is 0 Å². The van der Waals surface area contributed by atoms with Crippen LogP contribution in [0.4, 0.5) is 22.0 Å². The second-order valence-electron chi connectivity index (χ2n) is 6.05. The summed E-state index contributed by atoms with van der Waals surface area (Å²) in [5.74, 6) is -1.22. The van der Waals surface area contributed by atoms with Crippen molar-refractivity contribution in [2.45, 2.75) is 31.7 Å². The molecule has 0 bridgehead atoms. The summed E-state index contributed by atoms with van der Waals surface area (Å²) < 4.78 is 70.1. The quantitative estimate of drug-likeness (QED) is 0.764. The number of hydrogen-bond acceptors (Lipinski definition) is 4. The predicted octanol–water partition coefficient (Wildman–Crippen LogP) is 3.82. The molecule has 140 valence electrons. The molecule has 0 atom stereocenters. The van der Waals surface area contributed by atoms with Gasteiger partial charge in [-0.2, -0.15) is 18.2 Å². The number of aromatic nitrogens is 2. The Labute approximate surface area is 146 Å². The Morgan fingerprint density at radius 3 is 2.50 bits per heavy atom. The number of halogens is 5. The Kier molecular flexibility index (Phi) is 5.36. The minimum atomic E-state index is -4.55. The van der Waals surface area contributed by atoms with Crippen molar-refractivity contribution in [2.24, 2.45) is 0 Å². The van der Waals surface area contributed by atoms with Gasteiger partial charge >= 0.3 is 12.2 Å². The van der Waals surface area contributed by atoms with E-state index in [1.54, 1.807) is 0 Å². The highest BCUT2D eigenvalue weighted by molar-refractivity contribution is 5.18. The molecule has 2 aromatic rings. The van der Waals surface area contributed by atoms with Crippen LogP contribution in [0.2, 0.25) is 0 Å². The van der Waals surface area contributed by atoms with Crippen molar-refractivity contribution < 1.29 is 26.7 Å². The van der Waals surface area contributed by atoms with E-state index >= 15 is 0 Å². The SMILES string of the molecule is Fc1ccc(CN2CCC(Oc3nccc(C(F)(F)F)n3)CC2)c(F)c1. The Morgan fingerprint density at radius 1 is 1.12 bits per heavy atom. The third kappa shape index (κ3) is 4.66. The summed E-state index contributed by atoms with van der Waals surface area (Å²) in [5, 5.41) is 0. The Bertz CT molecular complexity index is 760. The topological polar surface area (TPSA) is 38.2 Å². The lowest BCUT2D eigenvalue weighted by Crippen LogP contribution is -2.38. The first kappa shape index (κ1) is 18.5. The zero-order valence-electron chi connectivity index (χ0n) is 13.6. The summed E-state index contributed by atoms with van der Waals surface area (Å²) in [6.07, 6.45) is -2.76. The molecule has 9 heteroatoms. The lowest BCUT2D eigenvalue weighted by molar-refractivity contribution is -0.141. The summed E-state index contributed by atoms with van der Waals surface area (Å²) in [4.78, 5) is 9.08. The van der Waals surface area contributed by atoms with Gasteiger partial charge in [-0.05, 0) is 25.0 Å². The molecule has 26 heavy (non-hydrogen) atoms. The molecule has 0 radical (unpaired) electrons. The number of piperidine rings is 1. The molecule has 1 fully saturated rings. The van der Waals surface area contributed by atoms with Crippen LogP contribution in [-0.4, -0.2) is 34.1 Å². The summed E-state index contributed by atoms with van der Waals surface area (Å²) >= 11 is 0. The molecular formula is C17H16F5N3O. The van der Waals surface area contributed by atoms with E-state index < -0.39 is 23.5 Å². The van der Waals surface area contributed by atoms with Crippen LogP contribution in [0.3, 0.4) is 0 Å². The molecule has 1 aromatic heterocycles. The van der Waals surface area contributed by atoms with Crippen LogP contribution in [0, 0.1) is 11.6 Å². The molecule has 4 nitrogen and oxygen atoms in total. The number of alkyl halides is 3. The zero-order chi connectivity index (χ0) is 18.7.